The molecule has 0 fully saturated rings. The Balaban J connectivity index is 1.93. The number of benzene rings is 2. The van der Waals surface area contributed by atoms with Crippen molar-refractivity contribution in [2.75, 3.05) is 39.2 Å². The van der Waals surface area contributed by atoms with E-state index in [0.717, 1.165) is 66.6 Å². The van der Waals surface area contributed by atoms with E-state index in [0.29, 0.717) is 53.7 Å². The second kappa shape index (κ2) is 16.4. The van der Waals surface area contributed by atoms with Crippen LogP contribution in [0.25, 0.3) is 11.0 Å². The minimum atomic E-state index is -0.0816. The lowest BCUT2D eigenvalue weighted by Gasteiger charge is -2.26. The van der Waals surface area contributed by atoms with Crippen LogP contribution >= 0.6 is 11.6 Å². The van der Waals surface area contributed by atoms with Crippen LogP contribution in [-0.4, -0.2) is 60.2 Å². The lowest BCUT2D eigenvalue weighted by molar-refractivity contribution is 0.232. The van der Waals surface area contributed by atoms with Crippen molar-refractivity contribution in [3.8, 4) is 28.9 Å². The third kappa shape index (κ3) is 8.22. The van der Waals surface area contributed by atoms with Gasteiger partial charge in [-0.3, -0.25) is 0 Å². The first-order valence-corrected chi connectivity index (χ1v) is 16.1. The molecule has 0 spiro atoms. The smallest absolute Gasteiger partial charge is 0.260 e. The van der Waals surface area contributed by atoms with Crippen molar-refractivity contribution >= 4 is 28.5 Å². The summed E-state index contributed by atoms with van der Waals surface area (Å²) in [5.74, 6) is 5.58. The average Bonchev–Trinajstić information content (AvgIpc) is 3.42. The first-order valence-electron chi connectivity index (χ1n) is 15.5. The number of unbranched alkanes of at least 4 members (excludes halogenated alkanes) is 2. The first kappa shape index (κ1) is 34.0. The summed E-state index contributed by atoms with van der Waals surface area (Å²) in [6, 6.07) is 11.6. The minimum absolute atomic E-state index is 0.0816. The number of nitrogens with zero attached hydrogens (tertiary/aromatic N) is 5. The van der Waals surface area contributed by atoms with Crippen molar-refractivity contribution in [1.29, 1.82) is 0 Å². The molecule has 11 heteroatoms. The van der Waals surface area contributed by atoms with Crippen LogP contribution in [-0.2, 0) is 26.1 Å². The van der Waals surface area contributed by atoms with Gasteiger partial charge in [0.05, 0.1) is 34.5 Å². The molecule has 0 amide bonds. The summed E-state index contributed by atoms with van der Waals surface area (Å²) >= 11 is 6.08. The van der Waals surface area contributed by atoms with Crippen LogP contribution in [0, 0.1) is 0 Å². The highest BCUT2D eigenvalue weighted by atomic mass is 35.5. The molecule has 0 unspecified atom stereocenters. The van der Waals surface area contributed by atoms with Gasteiger partial charge in [-0.2, -0.15) is 0 Å². The largest absolute Gasteiger partial charge is 0.497 e. The zero-order chi connectivity index (χ0) is 32.3. The van der Waals surface area contributed by atoms with Crippen molar-refractivity contribution < 1.29 is 23.7 Å². The number of hydrogen-bond donors (Lipinski definition) is 0. The Kier molecular flexibility index (Phi) is 12.4. The number of rotatable bonds is 18. The van der Waals surface area contributed by atoms with Gasteiger partial charge in [-0.1, -0.05) is 13.3 Å². The number of halogens is 1. The molecule has 0 aliphatic rings. The molecule has 0 N–H and O–H groups in total. The van der Waals surface area contributed by atoms with Gasteiger partial charge >= 0.3 is 0 Å². The van der Waals surface area contributed by atoms with Gasteiger partial charge in [0.25, 0.3) is 5.88 Å². The van der Waals surface area contributed by atoms with Crippen molar-refractivity contribution in [3.63, 3.8) is 0 Å². The van der Waals surface area contributed by atoms with E-state index in [-0.39, 0.29) is 6.10 Å². The maximum Gasteiger partial charge on any atom is 0.260 e. The van der Waals surface area contributed by atoms with Crippen LogP contribution in [0.3, 0.4) is 0 Å². The summed E-state index contributed by atoms with van der Waals surface area (Å²) in [5.41, 5.74) is 3.51. The van der Waals surface area contributed by atoms with Crippen molar-refractivity contribution in [2.24, 2.45) is 0 Å². The van der Waals surface area contributed by atoms with Crippen LogP contribution in [0.2, 0.25) is 0 Å². The van der Waals surface area contributed by atoms with Gasteiger partial charge in [-0.05, 0) is 57.4 Å². The predicted molar refractivity (Wildman–Crippen MR) is 179 cm³/mol. The Morgan fingerprint density at radius 3 is 1.96 bits per heavy atom. The van der Waals surface area contributed by atoms with E-state index in [1.807, 2.05) is 50.2 Å². The molecule has 10 nitrogen and oxygen atoms in total. The van der Waals surface area contributed by atoms with Gasteiger partial charge < -0.3 is 33.2 Å². The molecule has 4 aromatic rings. The molecule has 0 bridgehead atoms. The normalized spacial score (nSPS) is 11.2. The fourth-order valence-corrected chi connectivity index (χ4v) is 5.48. The average molecular weight is 640 g/mol. The van der Waals surface area contributed by atoms with E-state index < -0.39 is 0 Å². The maximum atomic E-state index is 6.24. The van der Waals surface area contributed by atoms with Gasteiger partial charge in [0, 0.05) is 55.2 Å². The monoisotopic (exact) mass is 639 g/mol. The molecular formula is C34H46ClN5O5. The lowest BCUT2D eigenvalue weighted by Crippen LogP contribution is -2.25. The SMILES string of the molecule is CCCCc1nc2c(N(Cc3ccc(OC)cc3OC)Cc3ccc(OC)cc3OC)nnc(OC(C)C)c2n1CCCCCl. The van der Waals surface area contributed by atoms with Gasteiger partial charge in [0.1, 0.15) is 39.9 Å². The van der Waals surface area contributed by atoms with Gasteiger partial charge in [0.2, 0.25) is 0 Å². The Hall–Kier alpha value is -3.92. The summed E-state index contributed by atoms with van der Waals surface area (Å²) < 4.78 is 31.0. The standard InChI is InChI=1S/C34H46ClN5O5/c1-8-9-12-30-36-31-32(40(30)18-11-10-17-35)34(45-23(2)3)38-37-33(31)39(21-24-13-15-26(41-4)19-28(24)43-6)22-25-14-16-27(42-5)20-29(25)44-7/h13-16,19-20,23H,8-12,17-18,21-22H2,1-7H3. The summed E-state index contributed by atoms with van der Waals surface area (Å²) in [7, 11) is 6.61. The molecule has 45 heavy (non-hydrogen) atoms. The fraction of sp³-hybridized carbons (Fsp3) is 0.500. The van der Waals surface area contributed by atoms with Crippen molar-refractivity contribution in [3.05, 3.63) is 53.3 Å². The van der Waals surface area contributed by atoms with Crippen LogP contribution in [0.5, 0.6) is 28.9 Å². The number of anilines is 1. The van der Waals surface area contributed by atoms with E-state index in [1.54, 1.807) is 28.4 Å². The molecule has 0 saturated carbocycles. The number of fused-ring (bicyclic) bond motifs is 1. The van der Waals surface area contributed by atoms with Gasteiger partial charge in [-0.15, -0.1) is 21.8 Å². The molecular weight excluding hydrogens is 594 g/mol. The van der Waals surface area contributed by atoms with Crippen molar-refractivity contribution in [2.45, 2.75) is 78.6 Å². The number of imidazole rings is 1. The highest BCUT2D eigenvalue weighted by Gasteiger charge is 2.26. The van der Waals surface area contributed by atoms with E-state index in [2.05, 4.69) is 21.5 Å². The molecule has 2 heterocycles. The first-order chi connectivity index (χ1) is 21.9. The Labute approximate surface area is 271 Å². The molecule has 0 aliphatic heterocycles. The molecule has 4 rings (SSSR count). The Morgan fingerprint density at radius 2 is 1.44 bits per heavy atom. The molecule has 2 aromatic carbocycles. The quantitative estimate of drug-likeness (QED) is 0.0826. The second-order valence-electron chi connectivity index (χ2n) is 11.1. The number of alkyl halides is 1. The minimum Gasteiger partial charge on any atom is -0.497 e. The Morgan fingerprint density at radius 1 is 0.822 bits per heavy atom. The number of aromatic nitrogens is 4. The molecule has 244 valence electrons. The second-order valence-corrected chi connectivity index (χ2v) is 11.5. The van der Waals surface area contributed by atoms with E-state index >= 15 is 0 Å². The van der Waals surface area contributed by atoms with Crippen LogP contribution < -0.4 is 28.6 Å². The van der Waals surface area contributed by atoms with Crippen LogP contribution in [0.1, 0.15) is 63.4 Å². The van der Waals surface area contributed by atoms with Gasteiger partial charge in [0.15, 0.2) is 5.82 Å². The predicted octanol–water partition coefficient (Wildman–Crippen LogP) is 7.22. The molecule has 0 aliphatic carbocycles. The van der Waals surface area contributed by atoms with Crippen LogP contribution in [0.15, 0.2) is 36.4 Å². The van der Waals surface area contributed by atoms with Crippen LogP contribution in [0.4, 0.5) is 5.82 Å². The molecule has 0 radical (unpaired) electrons. The summed E-state index contributed by atoms with van der Waals surface area (Å²) in [5, 5.41) is 9.46. The zero-order valence-electron chi connectivity index (χ0n) is 27.6. The number of hydrogen-bond acceptors (Lipinski definition) is 9. The number of ether oxygens (including phenoxy) is 5. The maximum absolute atomic E-state index is 6.24. The topological polar surface area (TPSA) is 93.0 Å². The Bertz CT molecular complexity index is 1490. The molecule has 0 atom stereocenters. The summed E-state index contributed by atoms with van der Waals surface area (Å²) in [6.07, 6.45) is 4.66. The molecule has 0 saturated heterocycles. The highest BCUT2D eigenvalue weighted by molar-refractivity contribution is 6.17. The zero-order valence-corrected chi connectivity index (χ0v) is 28.3. The fourth-order valence-electron chi connectivity index (χ4n) is 5.29. The summed E-state index contributed by atoms with van der Waals surface area (Å²) in [4.78, 5) is 7.40. The highest BCUT2D eigenvalue weighted by Crippen LogP contribution is 2.36. The molecule has 2 aromatic heterocycles. The third-order valence-electron chi connectivity index (χ3n) is 7.57. The van der Waals surface area contributed by atoms with Crippen molar-refractivity contribution in [1.82, 2.24) is 19.7 Å². The lowest BCUT2D eigenvalue weighted by atomic mass is 10.1. The third-order valence-corrected chi connectivity index (χ3v) is 7.84. The van der Waals surface area contributed by atoms with E-state index in [4.69, 9.17) is 45.4 Å². The van der Waals surface area contributed by atoms with E-state index in [1.165, 1.54) is 0 Å². The summed E-state index contributed by atoms with van der Waals surface area (Å²) in [6.45, 7) is 7.85. The number of methoxy groups -OCH3 is 4. The van der Waals surface area contributed by atoms with Gasteiger partial charge in [-0.25, -0.2) is 4.98 Å². The number of aryl methyl sites for hydroxylation is 2. The van der Waals surface area contributed by atoms with E-state index in [9.17, 15) is 0 Å².